The quantitative estimate of drug-likeness (QED) is 0.385. The molecule has 110 valence electrons. The summed E-state index contributed by atoms with van der Waals surface area (Å²) in [4.78, 5) is 5.13. The molecule has 0 radical (unpaired) electrons. The van der Waals surface area contributed by atoms with Crippen LogP contribution >= 0.6 is 11.6 Å². The van der Waals surface area contributed by atoms with Crippen molar-refractivity contribution in [2.45, 2.75) is 6.92 Å². The van der Waals surface area contributed by atoms with Crippen molar-refractivity contribution >= 4 is 17.4 Å². The SMILES string of the molecule is Cc1ccc(OCCO/N=C(/N)c2ccc(Cl)cc2)cc1. The van der Waals surface area contributed by atoms with Gasteiger partial charge in [0, 0.05) is 10.6 Å². The Labute approximate surface area is 129 Å². The summed E-state index contributed by atoms with van der Waals surface area (Å²) in [6.45, 7) is 2.75. The first-order chi connectivity index (χ1) is 10.1. The topological polar surface area (TPSA) is 56.8 Å². The van der Waals surface area contributed by atoms with Gasteiger partial charge >= 0.3 is 0 Å². The standard InChI is InChI=1S/C16H17ClN2O2/c1-12-2-8-15(9-3-12)20-10-11-21-19-16(18)13-4-6-14(17)7-5-13/h2-9H,10-11H2,1H3,(H2,18,19). The predicted octanol–water partition coefficient (Wildman–Crippen LogP) is 3.36. The van der Waals surface area contributed by atoms with Gasteiger partial charge in [0.15, 0.2) is 12.4 Å². The van der Waals surface area contributed by atoms with Crippen LogP contribution in [0.25, 0.3) is 0 Å². The van der Waals surface area contributed by atoms with Crippen LogP contribution in [0.2, 0.25) is 5.02 Å². The first-order valence-corrected chi connectivity index (χ1v) is 6.94. The van der Waals surface area contributed by atoms with Crippen molar-refractivity contribution in [3.05, 3.63) is 64.7 Å². The van der Waals surface area contributed by atoms with E-state index in [9.17, 15) is 0 Å². The predicted molar refractivity (Wildman–Crippen MR) is 84.8 cm³/mol. The van der Waals surface area contributed by atoms with Gasteiger partial charge in [-0.2, -0.15) is 0 Å². The van der Waals surface area contributed by atoms with Crippen LogP contribution < -0.4 is 10.5 Å². The molecule has 0 aromatic heterocycles. The normalized spacial score (nSPS) is 11.2. The Morgan fingerprint density at radius 1 is 1.05 bits per heavy atom. The van der Waals surface area contributed by atoms with Gasteiger partial charge < -0.3 is 15.3 Å². The second kappa shape index (κ2) is 7.55. The molecule has 5 heteroatoms. The molecule has 0 atom stereocenters. The Kier molecular flexibility index (Phi) is 5.46. The average Bonchev–Trinajstić information content (AvgIpc) is 2.49. The van der Waals surface area contributed by atoms with Crippen molar-refractivity contribution in [3.8, 4) is 5.75 Å². The van der Waals surface area contributed by atoms with E-state index < -0.39 is 0 Å². The molecule has 2 aromatic carbocycles. The maximum absolute atomic E-state index is 5.80. The van der Waals surface area contributed by atoms with Crippen molar-refractivity contribution in [2.24, 2.45) is 10.9 Å². The molecule has 2 aromatic rings. The smallest absolute Gasteiger partial charge is 0.170 e. The zero-order valence-corrected chi connectivity index (χ0v) is 12.5. The van der Waals surface area contributed by atoms with E-state index in [1.165, 1.54) is 5.56 Å². The van der Waals surface area contributed by atoms with Gasteiger partial charge in [0.25, 0.3) is 0 Å². The summed E-state index contributed by atoms with van der Waals surface area (Å²) in [5.74, 6) is 1.11. The van der Waals surface area contributed by atoms with Crippen LogP contribution in [0, 0.1) is 6.92 Å². The van der Waals surface area contributed by atoms with Gasteiger partial charge in [0.2, 0.25) is 0 Å². The van der Waals surface area contributed by atoms with Crippen molar-refractivity contribution in [1.29, 1.82) is 0 Å². The molecule has 4 nitrogen and oxygen atoms in total. The lowest BCUT2D eigenvalue weighted by Gasteiger charge is -2.06. The third kappa shape index (κ3) is 5.00. The molecule has 0 unspecified atom stereocenters. The second-order valence-corrected chi connectivity index (χ2v) is 4.91. The number of nitrogens with zero attached hydrogens (tertiary/aromatic N) is 1. The Bertz CT molecular complexity index is 595. The maximum atomic E-state index is 5.80. The molecule has 0 aliphatic carbocycles. The van der Waals surface area contributed by atoms with Gasteiger partial charge in [-0.15, -0.1) is 0 Å². The molecule has 0 bridgehead atoms. The molecule has 0 aliphatic heterocycles. The summed E-state index contributed by atoms with van der Waals surface area (Å²) in [5, 5.41) is 4.49. The van der Waals surface area contributed by atoms with Crippen LogP contribution in [0.1, 0.15) is 11.1 Å². The maximum Gasteiger partial charge on any atom is 0.170 e. The number of nitrogens with two attached hydrogens (primary N) is 1. The molecule has 2 rings (SSSR count). The molecule has 0 saturated heterocycles. The van der Waals surface area contributed by atoms with Gasteiger partial charge in [-0.1, -0.05) is 34.5 Å². The number of benzene rings is 2. The summed E-state index contributed by atoms with van der Waals surface area (Å²) in [6, 6.07) is 14.9. The number of oxime groups is 1. The summed E-state index contributed by atoms with van der Waals surface area (Å²) in [5.41, 5.74) is 7.75. The number of hydrogen-bond donors (Lipinski definition) is 1. The molecule has 0 aliphatic rings. The Morgan fingerprint density at radius 2 is 1.71 bits per heavy atom. The Hall–Kier alpha value is -2.20. The summed E-state index contributed by atoms with van der Waals surface area (Å²) >= 11 is 5.80. The van der Waals surface area contributed by atoms with E-state index in [4.69, 9.17) is 26.9 Å². The highest BCUT2D eigenvalue weighted by molar-refractivity contribution is 6.30. The van der Waals surface area contributed by atoms with Crippen LogP contribution in [0.4, 0.5) is 0 Å². The minimum absolute atomic E-state index is 0.307. The van der Waals surface area contributed by atoms with E-state index in [2.05, 4.69) is 5.16 Å². The van der Waals surface area contributed by atoms with Crippen molar-refractivity contribution < 1.29 is 9.57 Å². The van der Waals surface area contributed by atoms with Crippen LogP contribution in [-0.2, 0) is 4.84 Å². The minimum atomic E-state index is 0.307. The molecule has 0 amide bonds. The Balaban J connectivity index is 1.74. The molecular weight excluding hydrogens is 288 g/mol. The lowest BCUT2D eigenvalue weighted by Crippen LogP contribution is -2.14. The minimum Gasteiger partial charge on any atom is -0.490 e. The third-order valence-electron chi connectivity index (χ3n) is 2.77. The number of aryl methyl sites for hydroxylation is 1. The zero-order chi connectivity index (χ0) is 15.1. The van der Waals surface area contributed by atoms with E-state index >= 15 is 0 Å². The van der Waals surface area contributed by atoms with Gasteiger partial charge in [-0.05, 0) is 43.3 Å². The molecule has 0 saturated carbocycles. The highest BCUT2D eigenvalue weighted by Crippen LogP contribution is 2.11. The van der Waals surface area contributed by atoms with Gasteiger partial charge in [0.1, 0.15) is 12.4 Å². The highest BCUT2D eigenvalue weighted by Gasteiger charge is 1.99. The first-order valence-electron chi connectivity index (χ1n) is 6.56. The monoisotopic (exact) mass is 304 g/mol. The van der Waals surface area contributed by atoms with Crippen LogP contribution in [0.15, 0.2) is 53.7 Å². The average molecular weight is 305 g/mol. The van der Waals surface area contributed by atoms with Crippen molar-refractivity contribution in [1.82, 2.24) is 0 Å². The number of ether oxygens (including phenoxy) is 1. The molecule has 0 heterocycles. The van der Waals surface area contributed by atoms with Crippen LogP contribution in [0.3, 0.4) is 0 Å². The number of hydrogen-bond acceptors (Lipinski definition) is 3. The highest BCUT2D eigenvalue weighted by atomic mass is 35.5. The van der Waals surface area contributed by atoms with Crippen molar-refractivity contribution in [3.63, 3.8) is 0 Å². The summed E-state index contributed by atoms with van der Waals surface area (Å²) < 4.78 is 5.51. The van der Waals surface area contributed by atoms with Gasteiger partial charge in [-0.3, -0.25) is 0 Å². The third-order valence-corrected chi connectivity index (χ3v) is 3.02. The first kappa shape index (κ1) is 15.2. The zero-order valence-electron chi connectivity index (χ0n) is 11.8. The van der Waals surface area contributed by atoms with E-state index in [1.54, 1.807) is 24.3 Å². The van der Waals surface area contributed by atoms with Gasteiger partial charge in [-0.25, -0.2) is 0 Å². The van der Waals surface area contributed by atoms with Crippen LogP contribution in [0.5, 0.6) is 5.75 Å². The van der Waals surface area contributed by atoms with Crippen molar-refractivity contribution in [2.75, 3.05) is 13.2 Å². The van der Waals surface area contributed by atoms with Crippen LogP contribution in [-0.4, -0.2) is 19.0 Å². The van der Waals surface area contributed by atoms with Gasteiger partial charge in [0.05, 0.1) is 0 Å². The Morgan fingerprint density at radius 3 is 2.38 bits per heavy atom. The number of halogens is 1. The number of rotatable bonds is 6. The number of amidine groups is 1. The second-order valence-electron chi connectivity index (χ2n) is 4.48. The van der Waals surface area contributed by atoms with E-state index in [0.717, 1.165) is 11.3 Å². The largest absolute Gasteiger partial charge is 0.490 e. The molecule has 0 spiro atoms. The molecular formula is C16H17ClN2O2. The lowest BCUT2D eigenvalue weighted by atomic mass is 10.2. The fourth-order valence-electron chi connectivity index (χ4n) is 1.62. The molecule has 0 fully saturated rings. The fraction of sp³-hybridized carbons (Fsp3) is 0.188. The fourth-order valence-corrected chi connectivity index (χ4v) is 1.75. The summed E-state index contributed by atoms with van der Waals surface area (Å²) in [6.07, 6.45) is 0. The lowest BCUT2D eigenvalue weighted by molar-refractivity contribution is 0.107. The van der Waals surface area contributed by atoms with E-state index in [-0.39, 0.29) is 0 Å². The molecule has 21 heavy (non-hydrogen) atoms. The molecule has 2 N–H and O–H groups in total. The summed E-state index contributed by atoms with van der Waals surface area (Å²) in [7, 11) is 0. The van der Waals surface area contributed by atoms with E-state index in [1.807, 2.05) is 31.2 Å². The van der Waals surface area contributed by atoms with E-state index in [0.29, 0.717) is 24.1 Å².